The summed E-state index contributed by atoms with van der Waals surface area (Å²) in [4.78, 5) is 0. The standard InChI is InChI=1S/C10H14FNO/c1-6-3-4-8(11)10(7(6)2)9(13)5-12/h3-4,9,13H,5,12H2,1-2H3. The average molecular weight is 183 g/mol. The van der Waals surface area contributed by atoms with Crippen LogP contribution in [0.2, 0.25) is 0 Å². The molecule has 1 aromatic rings. The molecule has 1 rings (SSSR count). The highest BCUT2D eigenvalue weighted by Gasteiger charge is 2.14. The Morgan fingerprint density at radius 1 is 1.46 bits per heavy atom. The van der Waals surface area contributed by atoms with Gasteiger partial charge in [0.25, 0.3) is 0 Å². The van der Waals surface area contributed by atoms with E-state index in [0.29, 0.717) is 5.56 Å². The minimum Gasteiger partial charge on any atom is -0.387 e. The monoisotopic (exact) mass is 183 g/mol. The van der Waals surface area contributed by atoms with Gasteiger partial charge in [0, 0.05) is 12.1 Å². The number of aryl methyl sites for hydroxylation is 1. The maximum absolute atomic E-state index is 13.3. The molecule has 0 saturated carbocycles. The number of aliphatic hydroxyl groups excluding tert-OH is 1. The highest BCUT2D eigenvalue weighted by Crippen LogP contribution is 2.22. The van der Waals surface area contributed by atoms with Gasteiger partial charge in [0.2, 0.25) is 0 Å². The van der Waals surface area contributed by atoms with Crippen LogP contribution in [0.5, 0.6) is 0 Å². The molecule has 0 aliphatic heterocycles. The number of nitrogens with two attached hydrogens (primary N) is 1. The van der Waals surface area contributed by atoms with Crippen molar-refractivity contribution in [3.8, 4) is 0 Å². The van der Waals surface area contributed by atoms with E-state index >= 15 is 0 Å². The van der Waals surface area contributed by atoms with E-state index in [-0.39, 0.29) is 12.4 Å². The Morgan fingerprint density at radius 2 is 2.08 bits per heavy atom. The number of benzene rings is 1. The van der Waals surface area contributed by atoms with Crippen LogP contribution in [0.15, 0.2) is 12.1 Å². The van der Waals surface area contributed by atoms with Gasteiger partial charge < -0.3 is 10.8 Å². The van der Waals surface area contributed by atoms with Crippen LogP contribution in [0, 0.1) is 19.7 Å². The third kappa shape index (κ3) is 1.87. The van der Waals surface area contributed by atoms with Gasteiger partial charge in [-0.3, -0.25) is 0 Å². The quantitative estimate of drug-likeness (QED) is 0.728. The van der Waals surface area contributed by atoms with Crippen molar-refractivity contribution in [1.29, 1.82) is 0 Å². The van der Waals surface area contributed by atoms with Crippen molar-refractivity contribution >= 4 is 0 Å². The minimum absolute atomic E-state index is 0.0429. The molecule has 1 aromatic carbocycles. The van der Waals surface area contributed by atoms with Gasteiger partial charge in [-0.2, -0.15) is 0 Å². The fourth-order valence-corrected chi connectivity index (χ4v) is 1.33. The van der Waals surface area contributed by atoms with Crippen LogP contribution in [0.1, 0.15) is 22.8 Å². The van der Waals surface area contributed by atoms with E-state index < -0.39 is 6.10 Å². The Bertz CT molecular complexity index is 312. The summed E-state index contributed by atoms with van der Waals surface area (Å²) < 4.78 is 13.3. The van der Waals surface area contributed by atoms with Crippen LogP contribution < -0.4 is 5.73 Å². The van der Waals surface area contributed by atoms with Gasteiger partial charge in [0.05, 0.1) is 6.10 Å². The van der Waals surface area contributed by atoms with Crippen molar-refractivity contribution in [2.24, 2.45) is 5.73 Å². The van der Waals surface area contributed by atoms with E-state index in [2.05, 4.69) is 0 Å². The fourth-order valence-electron chi connectivity index (χ4n) is 1.33. The first-order valence-corrected chi connectivity index (χ1v) is 4.21. The molecule has 2 nitrogen and oxygen atoms in total. The number of rotatable bonds is 2. The molecule has 1 unspecified atom stereocenters. The molecule has 0 saturated heterocycles. The summed E-state index contributed by atoms with van der Waals surface area (Å²) in [6, 6.07) is 3.05. The van der Waals surface area contributed by atoms with Gasteiger partial charge in [0.1, 0.15) is 5.82 Å². The Labute approximate surface area is 77.2 Å². The fraction of sp³-hybridized carbons (Fsp3) is 0.400. The molecule has 3 heteroatoms. The molecule has 0 amide bonds. The third-order valence-electron chi connectivity index (χ3n) is 2.29. The zero-order chi connectivity index (χ0) is 10.0. The Morgan fingerprint density at radius 3 is 2.62 bits per heavy atom. The number of hydrogen-bond acceptors (Lipinski definition) is 2. The molecule has 0 fully saturated rings. The molecule has 1 atom stereocenters. The highest BCUT2D eigenvalue weighted by molar-refractivity contribution is 5.35. The summed E-state index contributed by atoms with van der Waals surface area (Å²) in [5.41, 5.74) is 7.33. The average Bonchev–Trinajstić information content (AvgIpc) is 2.12. The van der Waals surface area contributed by atoms with E-state index in [0.717, 1.165) is 11.1 Å². The van der Waals surface area contributed by atoms with Crippen molar-refractivity contribution in [2.45, 2.75) is 20.0 Å². The van der Waals surface area contributed by atoms with E-state index in [4.69, 9.17) is 5.73 Å². The molecular weight excluding hydrogens is 169 g/mol. The van der Waals surface area contributed by atoms with Crippen LogP contribution >= 0.6 is 0 Å². The Balaban J connectivity index is 3.25. The van der Waals surface area contributed by atoms with Crippen molar-refractivity contribution in [2.75, 3.05) is 6.54 Å². The molecule has 0 aliphatic carbocycles. The Hall–Kier alpha value is -0.930. The summed E-state index contributed by atoms with van der Waals surface area (Å²) in [5, 5.41) is 9.45. The molecule has 72 valence electrons. The topological polar surface area (TPSA) is 46.2 Å². The number of halogens is 1. The van der Waals surface area contributed by atoms with Crippen molar-refractivity contribution in [1.82, 2.24) is 0 Å². The Kier molecular flexibility index (Phi) is 3.01. The first-order valence-electron chi connectivity index (χ1n) is 4.21. The second-order valence-corrected chi connectivity index (χ2v) is 3.15. The lowest BCUT2D eigenvalue weighted by Gasteiger charge is -2.14. The summed E-state index contributed by atoms with van der Waals surface area (Å²) in [6.07, 6.45) is -0.903. The van der Waals surface area contributed by atoms with Crippen LogP contribution in [0.4, 0.5) is 4.39 Å². The SMILES string of the molecule is Cc1ccc(F)c(C(O)CN)c1C. The van der Waals surface area contributed by atoms with E-state index in [1.54, 1.807) is 13.0 Å². The van der Waals surface area contributed by atoms with Gasteiger partial charge in [-0.05, 0) is 31.0 Å². The van der Waals surface area contributed by atoms with E-state index in [9.17, 15) is 9.50 Å². The van der Waals surface area contributed by atoms with Crippen LogP contribution in [-0.2, 0) is 0 Å². The molecule has 0 bridgehead atoms. The van der Waals surface area contributed by atoms with Crippen LogP contribution in [0.25, 0.3) is 0 Å². The van der Waals surface area contributed by atoms with Crippen LogP contribution in [0.3, 0.4) is 0 Å². The second-order valence-electron chi connectivity index (χ2n) is 3.15. The largest absolute Gasteiger partial charge is 0.387 e. The zero-order valence-corrected chi connectivity index (χ0v) is 7.84. The maximum atomic E-state index is 13.3. The lowest BCUT2D eigenvalue weighted by molar-refractivity contribution is 0.181. The van der Waals surface area contributed by atoms with Gasteiger partial charge in [0.15, 0.2) is 0 Å². The normalized spacial score (nSPS) is 13.0. The molecule has 13 heavy (non-hydrogen) atoms. The molecule has 0 aromatic heterocycles. The van der Waals surface area contributed by atoms with E-state index in [1.807, 2.05) is 6.92 Å². The highest BCUT2D eigenvalue weighted by atomic mass is 19.1. The zero-order valence-electron chi connectivity index (χ0n) is 7.84. The summed E-state index contributed by atoms with van der Waals surface area (Å²) in [5.74, 6) is -0.388. The lowest BCUT2D eigenvalue weighted by atomic mass is 9.98. The number of aliphatic hydroxyl groups is 1. The molecule has 0 heterocycles. The first kappa shape index (κ1) is 10.2. The summed E-state index contributed by atoms with van der Waals surface area (Å²) in [6.45, 7) is 3.70. The molecule has 0 aliphatic rings. The lowest BCUT2D eigenvalue weighted by Crippen LogP contribution is -2.14. The third-order valence-corrected chi connectivity index (χ3v) is 2.29. The van der Waals surface area contributed by atoms with Gasteiger partial charge >= 0.3 is 0 Å². The molecule has 0 radical (unpaired) electrons. The van der Waals surface area contributed by atoms with Crippen molar-refractivity contribution in [3.63, 3.8) is 0 Å². The van der Waals surface area contributed by atoms with Gasteiger partial charge in [-0.25, -0.2) is 4.39 Å². The maximum Gasteiger partial charge on any atom is 0.129 e. The minimum atomic E-state index is -0.903. The predicted octanol–water partition coefficient (Wildman–Crippen LogP) is 1.43. The van der Waals surface area contributed by atoms with E-state index in [1.165, 1.54) is 6.07 Å². The molecule has 3 N–H and O–H groups in total. The molecular formula is C10H14FNO. The first-order chi connectivity index (χ1) is 6.07. The van der Waals surface area contributed by atoms with Gasteiger partial charge in [-0.15, -0.1) is 0 Å². The number of hydrogen-bond donors (Lipinski definition) is 2. The van der Waals surface area contributed by atoms with Crippen molar-refractivity contribution in [3.05, 3.63) is 34.6 Å². The summed E-state index contributed by atoms with van der Waals surface area (Å²) in [7, 11) is 0. The van der Waals surface area contributed by atoms with Crippen LogP contribution in [-0.4, -0.2) is 11.7 Å². The second kappa shape index (κ2) is 3.85. The predicted molar refractivity (Wildman–Crippen MR) is 49.9 cm³/mol. The molecule has 0 spiro atoms. The van der Waals surface area contributed by atoms with Gasteiger partial charge in [-0.1, -0.05) is 6.07 Å². The summed E-state index contributed by atoms with van der Waals surface area (Å²) >= 11 is 0. The smallest absolute Gasteiger partial charge is 0.129 e. The van der Waals surface area contributed by atoms with Crippen molar-refractivity contribution < 1.29 is 9.50 Å².